The maximum Gasteiger partial charge on any atom is 0.244 e. The second-order valence-corrected chi connectivity index (χ2v) is 11.2. The van der Waals surface area contributed by atoms with Gasteiger partial charge in [0.05, 0.1) is 11.9 Å². The third kappa shape index (κ3) is 8.27. The standard InChI is InChI=1S/C24H30Cl3N3O4S/c1-4-6-13-28-24(32)22(5-2)29(15-19-20(26)11-8-12-21(19)27)23(31)16-30(35(3,33)34)18-10-7-9-17(25)14-18/h7-12,14,22H,4-6,13,15-16H2,1-3H3,(H,28,32). The molecule has 1 atom stereocenters. The zero-order valence-corrected chi connectivity index (χ0v) is 23.0. The summed E-state index contributed by atoms with van der Waals surface area (Å²) in [5.74, 6) is -0.907. The fourth-order valence-electron chi connectivity index (χ4n) is 3.52. The van der Waals surface area contributed by atoms with Crippen LogP contribution in [0.4, 0.5) is 5.69 Å². The van der Waals surface area contributed by atoms with Gasteiger partial charge in [0.25, 0.3) is 0 Å². The molecule has 11 heteroatoms. The first-order valence-electron chi connectivity index (χ1n) is 11.2. The van der Waals surface area contributed by atoms with Gasteiger partial charge in [-0.15, -0.1) is 0 Å². The molecular formula is C24H30Cl3N3O4S. The minimum absolute atomic E-state index is 0.0653. The van der Waals surface area contributed by atoms with Gasteiger partial charge in [0, 0.05) is 33.7 Å². The number of carbonyl (C=O) groups excluding carboxylic acids is 2. The first-order valence-corrected chi connectivity index (χ1v) is 14.2. The van der Waals surface area contributed by atoms with Crippen LogP contribution in [-0.4, -0.2) is 50.5 Å². The molecule has 0 bridgehead atoms. The molecule has 1 unspecified atom stereocenters. The molecule has 0 saturated carbocycles. The Morgan fingerprint density at radius 3 is 2.20 bits per heavy atom. The van der Waals surface area contributed by atoms with Gasteiger partial charge in [0.15, 0.2) is 0 Å². The van der Waals surface area contributed by atoms with Crippen LogP contribution in [0, 0.1) is 0 Å². The number of hydrogen-bond donors (Lipinski definition) is 1. The Balaban J connectivity index is 2.46. The number of anilines is 1. The predicted molar refractivity (Wildman–Crippen MR) is 143 cm³/mol. The maximum atomic E-state index is 13.6. The molecule has 192 valence electrons. The number of carbonyl (C=O) groups is 2. The van der Waals surface area contributed by atoms with E-state index in [0.29, 0.717) is 33.6 Å². The molecule has 35 heavy (non-hydrogen) atoms. The van der Waals surface area contributed by atoms with Crippen LogP contribution < -0.4 is 9.62 Å². The van der Waals surface area contributed by atoms with Crippen molar-refractivity contribution in [2.45, 2.75) is 45.7 Å². The molecule has 2 amide bonds. The average molecular weight is 563 g/mol. The maximum absolute atomic E-state index is 13.6. The summed E-state index contributed by atoms with van der Waals surface area (Å²) >= 11 is 18.8. The lowest BCUT2D eigenvalue weighted by atomic mass is 10.1. The molecule has 2 aromatic carbocycles. The second-order valence-electron chi connectivity index (χ2n) is 8.04. The number of rotatable bonds is 12. The smallest absolute Gasteiger partial charge is 0.244 e. The molecule has 2 aromatic rings. The molecule has 2 rings (SSSR count). The zero-order valence-electron chi connectivity index (χ0n) is 19.9. The summed E-state index contributed by atoms with van der Waals surface area (Å²) in [5, 5.41) is 3.86. The van der Waals surface area contributed by atoms with E-state index in [2.05, 4.69) is 5.32 Å². The lowest BCUT2D eigenvalue weighted by Crippen LogP contribution is -2.52. The Morgan fingerprint density at radius 2 is 1.66 bits per heavy atom. The highest BCUT2D eigenvalue weighted by Crippen LogP contribution is 2.28. The molecular weight excluding hydrogens is 533 g/mol. The minimum atomic E-state index is -3.85. The van der Waals surface area contributed by atoms with Crippen molar-refractivity contribution in [3.8, 4) is 0 Å². The van der Waals surface area contributed by atoms with Crippen LogP contribution >= 0.6 is 34.8 Å². The lowest BCUT2D eigenvalue weighted by Gasteiger charge is -2.33. The lowest BCUT2D eigenvalue weighted by molar-refractivity contribution is -0.140. The molecule has 0 spiro atoms. The van der Waals surface area contributed by atoms with E-state index in [4.69, 9.17) is 34.8 Å². The summed E-state index contributed by atoms with van der Waals surface area (Å²) in [6.07, 6.45) is 3.01. The number of benzene rings is 2. The van der Waals surface area contributed by atoms with E-state index in [1.54, 1.807) is 43.3 Å². The molecule has 0 radical (unpaired) electrons. The van der Waals surface area contributed by atoms with Crippen molar-refractivity contribution < 1.29 is 18.0 Å². The van der Waals surface area contributed by atoms with Crippen LogP contribution in [0.15, 0.2) is 42.5 Å². The van der Waals surface area contributed by atoms with E-state index >= 15 is 0 Å². The van der Waals surface area contributed by atoms with E-state index in [1.807, 2.05) is 6.92 Å². The van der Waals surface area contributed by atoms with E-state index < -0.39 is 28.5 Å². The number of nitrogens with one attached hydrogen (secondary N) is 1. The number of hydrogen-bond acceptors (Lipinski definition) is 4. The van der Waals surface area contributed by atoms with Crippen molar-refractivity contribution >= 4 is 62.3 Å². The molecule has 0 aromatic heterocycles. The first-order chi connectivity index (χ1) is 16.5. The fourth-order valence-corrected chi connectivity index (χ4v) is 5.07. The number of unbranched alkanes of at least 4 members (excludes halogenated alkanes) is 1. The minimum Gasteiger partial charge on any atom is -0.354 e. The van der Waals surface area contributed by atoms with E-state index in [1.165, 1.54) is 11.0 Å². The first kappa shape index (κ1) is 29.2. The van der Waals surface area contributed by atoms with Crippen molar-refractivity contribution in [1.29, 1.82) is 0 Å². The largest absolute Gasteiger partial charge is 0.354 e. The number of halogens is 3. The molecule has 1 N–H and O–H groups in total. The molecule has 0 heterocycles. The van der Waals surface area contributed by atoms with Crippen molar-refractivity contribution in [1.82, 2.24) is 10.2 Å². The van der Waals surface area contributed by atoms with Gasteiger partial charge < -0.3 is 10.2 Å². The van der Waals surface area contributed by atoms with Crippen molar-refractivity contribution in [2.75, 3.05) is 23.7 Å². The SMILES string of the molecule is CCCCNC(=O)C(CC)N(Cc1c(Cl)cccc1Cl)C(=O)CN(c1cccc(Cl)c1)S(C)(=O)=O. The van der Waals surface area contributed by atoms with Gasteiger partial charge in [0.2, 0.25) is 21.8 Å². The summed E-state index contributed by atoms with van der Waals surface area (Å²) in [7, 11) is -3.85. The third-order valence-electron chi connectivity index (χ3n) is 5.38. The van der Waals surface area contributed by atoms with Gasteiger partial charge in [-0.25, -0.2) is 8.42 Å². The Kier molecular flexibility index (Phi) is 11.1. The number of sulfonamides is 1. The molecule has 0 aliphatic carbocycles. The molecule has 7 nitrogen and oxygen atoms in total. The van der Waals surface area contributed by atoms with Crippen LogP contribution in [0.3, 0.4) is 0 Å². The van der Waals surface area contributed by atoms with Gasteiger partial charge >= 0.3 is 0 Å². The normalized spacial score (nSPS) is 12.2. The highest BCUT2D eigenvalue weighted by molar-refractivity contribution is 7.92. The van der Waals surface area contributed by atoms with E-state index in [9.17, 15) is 18.0 Å². The summed E-state index contributed by atoms with van der Waals surface area (Å²) in [6.45, 7) is 3.67. The van der Waals surface area contributed by atoms with E-state index in [0.717, 1.165) is 23.4 Å². The Hall–Kier alpha value is -2.00. The summed E-state index contributed by atoms with van der Waals surface area (Å²) in [5.41, 5.74) is 0.710. The molecule has 0 saturated heterocycles. The van der Waals surface area contributed by atoms with Gasteiger partial charge in [-0.05, 0) is 43.2 Å². The number of amides is 2. The van der Waals surface area contributed by atoms with Gasteiger partial charge in [-0.1, -0.05) is 67.2 Å². The highest BCUT2D eigenvalue weighted by Gasteiger charge is 2.32. The van der Waals surface area contributed by atoms with E-state index in [-0.39, 0.29) is 18.1 Å². The van der Waals surface area contributed by atoms with Crippen molar-refractivity contribution in [3.05, 3.63) is 63.1 Å². The zero-order chi connectivity index (χ0) is 26.2. The van der Waals surface area contributed by atoms with Crippen molar-refractivity contribution in [3.63, 3.8) is 0 Å². The van der Waals surface area contributed by atoms with Gasteiger partial charge in [0.1, 0.15) is 12.6 Å². The summed E-state index contributed by atoms with van der Waals surface area (Å²) in [4.78, 5) is 28.0. The van der Waals surface area contributed by atoms with Gasteiger partial charge in [-0.3, -0.25) is 13.9 Å². The predicted octanol–water partition coefficient (Wildman–Crippen LogP) is 5.14. The van der Waals surface area contributed by atoms with Gasteiger partial charge in [-0.2, -0.15) is 0 Å². The third-order valence-corrected chi connectivity index (χ3v) is 7.46. The quantitative estimate of drug-likeness (QED) is 0.363. The van der Waals surface area contributed by atoms with Crippen LogP contribution in [0.25, 0.3) is 0 Å². The second kappa shape index (κ2) is 13.3. The summed E-state index contributed by atoms with van der Waals surface area (Å²) < 4.78 is 26.2. The molecule has 0 aliphatic rings. The monoisotopic (exact) mass is 561 g/mol. The highest BCUT2D eigenvalue weighted by atomic mass is 35.5. The van der Waals surface area contributed by atoms with Crippen LogP contribution in [0.1, 0.15) is 38.7 Å². The Bertz CT molecular complexity index is 1120. The Morgan fingerprint density at radius 1 is 1.03 bits per heavy atom. The summed E-state index contributed by atoms with van der Waals surface area (Å²) in [6, 6.07) is 10.3. The Labute approximate surface area is 222 Å². The topological polar surface area (TPSA) is 86.8 Å². The van der Waals surface area contributed by atoms with Crippen LogP contribution in [-0.2, 0) is 26.2 Å². The molecule has 0 aliphatic heterocycles. The number of nitrogens with zero attached hydrogens (tertiary/aromatic N) is 2. The fraction of sp³-hybridized carbons (Fsp3) is 0.417. The molecule has 0 fully saturated rings. The van der Waals surface area contributed by atoms with Crippen LogP contribution in [0.5, 0.6) is 0 Å². The average Bonchev–Trinajstić information content (AvgIpc) is 2.78. The van der Waals surface area contributed by atoms with Crippen LogP contribution in [0.2, 0.25) is 15.1 Å². The van der Waals surface area contributed by atoms with Crippen molar-refractivity contribution in [2.24, 2.45) is 0 Å².